The molecule has 258 valence electrons. The highest BCUT2D eigenvalue weighted by Gasteiger charge is 2.48. The van der Waals surface area contributed by atoms with E-state index in [1.165, 1.54) is 55.3 Å². The molecule has 0 fully saturated rings. The monoisotopic (exact) mass is 700 g/mol. The molecule has 1 heteroatoms. The van der Waals surface area contributed by atoms with Gasteiger partial charge in [0.25, 0.3) is 0 Å². The van der Waals surface area contributed by atoms with Crippen molar-refractivity contribution in [1.29, 1.82) is 0 Å². The van der Waals surface area contributed by atoms with Gasteiger partial charge in [-0.25, -0.2) is 0 Å². The Morgan fingerprint density at radius 1 is 0.309 bits per heavy atom. The van der Waals surface area contributed by atoms with Crippen molar-refractivity contribution in [3.63, 3.8) is 0 Å². The molecular formula is C54H36O. The van der Waals surface area contributed by atoms with Crippen molar-refractivity contribution in [2.45, 2.75) is 10.8 Å². The highest BCUT2D eigenvalue weighted by molar-refractivity contribution is 6.04. The maximum atomic E-state index is 6.83. The summed E-state index contributed by atoms with van der Waals surface area (Å²) in [6.45, 7) is 0. The Bertz CT molecular complexity index is 2840. The topological polar surface area (TPSA) is 9.23 Å². The summed E-state index contributed by atoms with van der Waals surface area (Å²) in [7, 11) is 0. The summed E-state index contributed by atoms with van der Waals surface area (Å²) < 4.78 is 6.83. The number of para-hydroxylation sites is 1. The minimum atomic E-state index is -0.613. The molecule has 1 atom stereocenters. The molecule has 1 unspecified atom stereocenters. The third kappa shape index (κ3) is 4.41. The fraction of sp³-hybridized carbons (Fsp3) is 0.0370. The van der Waals surface area contributed by atoms with Crippen LogP contribution >= 0.6 is 0 Å². The van der Waals surface area contributed by atoms with Gasteiger partial charge in [-0.15, -0.1) is 0 Å². The van der Waals surface area contributed by atoms with E-state index in [0.29, 0.717) is 0 Å². The van der Waals surface area contributed by atoms with Crippen LogP contribution in [0.15, 0.2) is 218 Å². The van der Waals surface area contributed by atoms with Gasteiger partial charge in [-0.2, -0.15) is 0 Å². The summed E-state index contributed by atoms with van der Waals surface area (Å²) in [5, 5.41) is 2.55. The van der Waals surface area contributed by atoms with Crippen LogP contribution in [-0.4, -0.2) is 0 Å². The Labute approximate surface area is 321 Å². The van der Waals surface area contributed by atoms with Gasteiger partial charge >= 0.3 is 0 Å². The molecule has 1 aliphatic carbocycles. The first-order valence-electron chi connectivity index (χ1n) is 19.1. The first-order valence-corrected chi connectivity index (χ1v) is 19.1. The van der Waals surface area contributed by atoms with E-state index in [0.717, 1.165) is 33.8 Å². The van der Waals surface area contributed by atoms with Crippen molar-refractivity contribution in [1.82, 2.24) is 0 Å². The highest BCUT2D eigenvalue weighted by Crippen LogP contribution is 2.60. The Balaban J connectivity index is 1.17. The Hall–Kier alpha value is -6.96. The normalized spacial score (nSPS) is 16.0. The zero-order chi connectivity index (χ0) is 36.4. The summed E-state index contributed by atoms with van der Waals surface area (Å²) in [6, 6.07) is 79.9. The molecule has 1 aliphatic heterocycles. The zero-order valence-corrected chi connectivity index (χ0v) is 30.2. The van der Waals surface area contributed by atoms with Crippen molar-refractivity contribution in [2.75, 3.05) is 0 Å². The molecule has 9 aromatic carbocycles. The zero-order valence-electron chi connectivity index (χ0n) is 30.2. The molecule has 0 N–H and O–H groups in total. The SMILES string of the molecule is c1ccc(C2(c3ccc(-c4cccc5c4C(c4ccccc4)(c4ccccc4)c4ccccc4O5)cc3)c3ccccc3-c3c2ccc2ccccc32)cc1. The fourth-order valence-electron chi connectivity index (χ4n) is 9.93. The average molecular weight is 701 g/mol. The van der Waals surface area contributed by atoms with E-state index in [9.17, 15) is 0 Å². The number of hydrogen-bond donors (Lipinski definition) is 0. The number of ether oxygens (including phenoxy) is 1. The van der Waals surface area contributed by atoms with Gasteiger partial charge in [0.2, 0.25) is 0 Å². The molecule has 1 heterocycles. The maximum absolute atomic E-state index is 6.83. The lowest BCUT2D eigenvalue weighted by Crippen LogP contribution is -2.34. The van der Waals surface area contributed by atoms with Gasteiger partial charge in [-0.05, 0) is 78.5 Å². The van der Waals surface area contributed by atoms with Crippen LogP contribution in [0.4, 0.5) is 0 Å². The van der Waals surface area contributed by atoms with Gasteiger partial charge in [-0.3, -0.25) is 0 Å². The summed E-state index contributed by atoms with van der Waals surface area (Å²) in [5.74, 6) is 1.75. The van der Waals surface area contributed by atoms with Crippen LogP contribution < -0.4 is 4.74 Å². The number of hydrogen-bond acceptors (Lipinski definition) is 1. The van der Waals surface area contributed by atoms with Crippen LogP contribution in [0.3, 0.4) is 0 Å². The summed E-state index contributed by atoms with van der Waals surface area (Å²) in [5.41, 5.74) is 13.7. The Kier molecular flexibility index (Phi) is 7.06. The molecule has 1 nitrogen and oxygen atoms in total. The molecule has 55 heavy (non-hydrogen) atoms. The van der Waals surface area contributed by atoms with Gasteiger partial charge in [0.05, 0.1) is 10.8 Å². The highest BCUT2D eigenvalue weighted by atomic mass is 16.5. The van der Waals surface area contributed by atoms with E-state index in [4.69, 9.17) is 4.74 Å². The van der Waals surface area contributed by atoms with E-state index in [1.54, 1.807) is 0 Å². The van der Waals surface area contributed by atoms with E-state index < -0.39 is 10.8 Å². The third-order valence-electron chi connectivity index (χ3n) is 12.1. The molecule has 11 rings (SSSR count). The van der Waals surface area contributed by atoms with Crippen molar-refractivity contribution in [3.05, 3.63) is 263 Å². The molecule has 0 radical (unpaired) electrons. The van der Waals surface area contributed by atoms with E-state index in [1.807, 2.05) is 0 Å². The second-order valence-corrected chi connectivity index (χ2v) is 14.7. The van der Waals surface area contributed by atoms with Crippen molar-refractivity contribution < 1.29 is 4.74 Å². The number of rotatable bonds is 5. The van der Waals surface area contributed by atoms with E-state index in [-0.39, 0.29) is 0 Å². The Morgan fingerprint density at radius 2 is 0.836 bits per heavy atom. The van der Waals surface area contributed by atoms with E-state index in [2.05, 4.69) is 218 Å². The van der Waals surface area contributed by atoms with Gasteiger partial charge in [0.15, 0.2) is 0 Å². The predicted molar refractivity (Wildman–Crippen MR) is 225 cm³/mol. The first-order chi connectivity index (χ1) is 27.3. The van der Waals surface area contributed by atoms with Gasteiger partial charge in [0.1, 0.15) is 11.5 Å². The first kappa shape index (κ1) is 31.6. The molecule has 0 saturated carbocycles. The van der Waals surface area contributed by atoms with Crippen LogP contribution in [0.1, 0.15) is 44.5 Å². The lowest BCUT2D eigenvalue weighted by atomic mass is 9.62. The predicted octanol–water partition coefficient (Wildman–Crippen LogP) is 13.4. The summed E-state index contributed by atoms with van der Waals surface area (Å²) in [6.07, 6.45) is 0. The van der Waals surface area contributed by atoms with Crippen LogP contribution in [0.2, 0.25) is 0 Å². The average Bonchev–Trinajstić information content (AvgIpc) is 3.58. The molecule has 0 spiro atoms. The van der Waals surface area contributed by atoms with Crippen LogP contribution in [0.25, 0.3) is 33.0 Å². The fourth-order valence-corrected chi connectivity index (χ4v) is 9.93. The minimum absolute atomic E-state index is 0.494. The van der Waals surface area contributed by atoms with Crippen LogP contribution in [0, 0.1) is 0 Å². The third-order valence-corrected chi connectivity index (χ3v) is 12.1. The maximum Gasteiger partial charge on any atom is 0.132 e. The van der Waals surface area contributed by atoms with Crippen molar-refractivity contribution in [2.24, 2.45) is 0 Å². The lowest BCUT2D eigenvalue weighted by molar-refractivity contribution is 0.435. The molecule has 2 aliphatic rings. The molecular weight excluding hydrogens is 665 g/mol. The smallest absolute Gasteiger partial charge is 0.132 e. The van der Waals surface area contributed by atoms with Gasteiger partial charge < -0.3 is 4.74 Å². The summed E-state index contributed by atoms with van der Waals surface area (Å²) in [4.78, 5) is 0. The Morgan fingerprint density at radius 3 is 1.55 bits per heavy atom. The van der Waals surface area contributed by atoms with Crippen LogP contribution in [-0.2, 0) is 10.8 Å². The largest absolute Gasteiger partial charge is 0.457 e. The van der Waals surface area contributed by atoms with E-state index >= 15 is 0 Å². The molecule has 0 saturated heterocycles. The second-order valence-electron chi connectivity index (χ2n) is 14.7. The number of fused-ring (bicyclic) bond motifs is 7. The van der Waals surface area contributed by atoms with Crippen molar-refractivity contribution in [3.8, 4) is 33.8 Å². The quantitative estimate of drug-likeness (QED) is 0.174. The molecule has 0 bridgehead atoms. The van der Waals surface area contributed by atoms with Gasteiger partial charge in [0, 0.05) is 11.1 Å². The van der Waals surface area contributed by atoms with Crippen LogP contribution in [0.5, 0.6) is 11.5 Å². The van der Waals surface area contributed by atoms with Gasteiger partial charge in [-0.1, -0.05) is 206 Å². The molecule has 9 aromatic rings. The van der Waals surface area contributed by atoms with Crippen molar-refractivity contribution >= 4 is 10.8 Å². The lowest BCUT2D eigenvalue weighted by Gasteiger charge is -2.42. The standard InChI is InChI=1S/C54H36O/c1-4-18-39(19-5-1)53(46-27-13-12-25-45(46)51-43-24-11-10-17-37(43)33-36-48(51)53)42-34-31-38(32-35-42)44-26-16-30-50-52(44)54(40-20-6-2-7-21-40,41-22-8-3-9-23-41)47-28-14-15-29-49(47)55-50/h1-36H. The summed E-state index contributed by atoms with van der Waals surface area (Å²) >= 11 is 0. The number of benzene rings is 9. The minimum Gasteiger partial charge on any atom is -0.457 e. The molecule has 0 aromatic heterocycles. The molecule has 0 amide bonds. The second kappa shape index (κ2) is 12.3.